The second-order valence-corrected chi connectivity index (χ2v) is 5.77. The molecule has 0 aromatic heterocycles. The van der Waals surface area contributed by atoms with Crippen molar-refractivity contribution < 1.29 is 0 Å². The fourth-order valence-electron chi connectivity index (χ4n) is 2.64. The number of nitrogens with zero attached hydrogens (tertiary/aromatic N) is 1. The third kappa shape index (κ3) is 2.59. The molecule has 1 saturated heterocycles. The van der Waals surface area contributed by atoms with E-state index in [-0.39, 0.29) is 0 Å². The first-order chi connectivity index (χ1) is 8.13. The summed E-state index contributed by atoms with van der Waals surface area (Å²) in [4.78, 5) is 2.54. The van der Waals surface area contributed by atoms with Crippen molar-refractivity contribution in [2.24, 2.45) is 0 Å². The van der Waals surface area contributed by atoms with E-state index in [9.17, 15) is 0 Å². The van der Waals surface area contributed by atoms with Gasteiger partial charge in [0.1, 0.15) is 0 Å². The molecular weight excluding hydrogens is 276 g/mol. The molecule has 0 aliphatic carbocycles. The molecule has 1 atom stereocenters. The van der Waals surface area contributed by atoms with E-state index in [1.165, 1.54) is 43.5 Å². The van der Waals surface area contributed by atoms with Crippen molar-refractivity contribution in [1.29, 1.82) is 0 Å². The Morgan fingerprint density at radius 2 is 2.18 bits per heavy atom. The Morgan fingerprint density at radius 3 is 2.88 bits per heavy atom. The molecule has 0 bridgehead atoms. The molecule has 1 aliphatic rings. The summed E-state index contributed by atoms with van der Waals surface area (Å²) in [6, 6.07) is 4.93. The molecular formula is C14H21BrN2. The first-order valence-electron chi connectivity index (χ1n) is 6.45. The van der Waals surface area contributed by atoms with Crippen molar-refractivity contribution in [1.82, 2.24) is 0 Å². The standard InChI is InChI=1S/C14H21BrN2/c1-3-11-6-4-5-7-17(11)14-8-10(2)13(16)9-12(14)15/h8-9,11H,3-7,16H2,1-2H3. The number of anilines is 2. The second kappa shape index (κ2) is 5.30. The van der Waals surface area contributed by atoms with Crippen LogP contribution in [0, 0.1) is 6.92 Å². The highest BCUT2D eigenvalue weighted by Crippen LogP contribution is 2.35. The molecule has 0 spiro atoms. The molecule has 0 amide bonds. The zero-order valence-electron chi connectivity index (χ0n) is 10.7. The van der Waals surface area contributed by atoms with Gasteiger partial charge in [0.05, 0.1) is 5.69 Å². The van der Waals surface area contributed by atoms with E-state index >= 15 is 0 Å². The quantitative estimate of drug-likeness (QED) is 0.832. The van der Waals surface area contributed by atoms with Crippen LogP contribution in [0.5, 0.6) is 0 Å². The maximum Gasteiger partial charge on any atom is 0.0517 e. The maximum absolute atomic E-state index is 5.94. The van der Waals surface area contributed by atoms with Crippen molar-refractivity contribution in [2.75, 3.05) is 17.2 Å². The summed E-state index contributed by atoms with van der Waals surface area (Å²) in [6.07, 6.45) is 5.19. The smallest absolute Gasteiger partial charge is 0.0517 e. The van der Waals surface area contributed by atoms with E-state index in [2.05, 4.69) is 40.7 Å². The molecule has 1 fully saturated rings. The van der Waals surface area contributed by atoms with Gasteiger partial charge in [0.15, 0.2) is 0 Å². The lowest BCUT2D eigenvalue weighted by atomic mass is 9.98. The molecule has 1 unspecified atom stereocenters. The molecule has 1 aromatic carbocycles. The molecule has 0 saturated carbocycles. The minimum absolute atomic E-state index is 0.683. The molecule has 2 N–H and O–H groups in total. The average molecular weight is 297 g/mol. The van der Waals surface area contributed by atoms with E-state index in [1.54, 1.807) is 0 Å². The monoisotopic (exact) mass is 296 g/mol. The lowest BCUT2D eigenvalue weighted by Gasteiger charge is -2.38. The van der Waals surface area contributed by atoms with Gasteiger partial charge < -0.3 is 10.6 Å². The number of nitrogen functional groups attached to an aromatic ring is 1. The van der Waals surface area contributed by atoms with Crippen LogP contribution in [0.3, 0.4) is 0 Å². The minimum atomic E-state index is 0.683. The SMILES string of the molecule is CCC1CCCCN1c1cc(C)c(N)cc1Br. The van der Waals surface area contributed by atoms with Crippen molar-refractivity contribution >= 4 is 27.3 Å². The van der Waals surface area contributed by atoms with Crippen LogP contribution in [0.25, 0.3) is 0 Å². The summed E-state index contributed by atoms with van der Waals surface area (Å²) in [5, 5.41) is 0. The first-order valence-corrected chi connectivity index (χ1v) is 7.25. The summed E-state index contributed by atoms with van der Waals surface area (Å²) < 4.78 is 1.13. The van der Waals surface area contributed by atoms with Crippen LogP contribution in [-0.4, -0.2) is 12.6 Å². The number of rotatable bonds is 2. The highest BCUT2D eigenvalue weighted by atomic mass is 79.9. The normalized spacial score (nSPS) is 20.6. The van der Waals surface area contributed by atoms with Crippen molar-refractivity contribution in [3.8, 4) is 0 Å². The Morgan fingerprint density at radius 1 is 1.41 bits per heavy atom. The summed E-state index contributed by atoms with van der Waals surface area (Å²) >= 11 is 3.65. The fourth-order valence-corrected chi connectivity index (χ4v) is 3.23. The molecule has 1 heterocycles. The predicted octanol–water partition coefficient (Wildman–Crippen LogP) is 4.11. The summed E-state index contributed by atoms with van der Waals surface area (Å²) in [5.74, 6) is 0. The highest BCUT2D eigenvalue weighted by molar-refractivity contribution is 9.10. The van der Waals surface area contributed by atoms with E-state index in [0.29, 0.717) is 6.04 Å². The van der Waals surface area contributed by atoms with Crippen LogP contribution in [0.4, 0.5) is 11.4 Å². The van der Waals surface area contributed by atoms with Crippen molar-refractivity contribution in [3.05, 3.63) is 22.2 Å². The van der Waals surface area contributed by atoms with E-state index in [1.807, 2.05) is 6.07 Å². The van der Waals surface area contributed by atoms with Gasteiger partial charge in [-0.25, -0.2) is 0 Å². The Hall–Kier alpha value is -0.700. The number of hydrogen-bond donors (Lipinski definition) is 1. The van der Waals surface area contributed by atoms with Gasteiger partial charge in [-0.1, -0.05) is 6.92 Å². The second-order valence-electron chi connectivity index (χ2n) is 4.91. The third-order valence-electron chi connectivity index (χ3n) is 3.74. The molecule has 94 valence electrons. The Balaban J connectivity index is 2.34. The number of aryl methyl sites for hydroxylation is 1. The van der Waals surface area contributed by atoms with Crippen molar-refractivity contribution in [3.63, 3.8) is 0 Å². The Kier molecular flexibility index (Phi) is 3.97. The zero-order chi connectivity index (χ0) is 12.4. The van der Waals surface area contributed by atoms with Crippen molar-refractivity contribution in [2.45, 2.75) is 45.6 Å². The first kappa shape index (κ1) is 12.7. The predicted molar refractivity (Wildman–Crippen MR) is 78.6 cm³/mol. The fraction of sp³-hybridized carbons (Fsp3) is 0.571. The van der Waals surface area contributed by atoms with E-state index in [4.69, 9.17) is 5.73 Å². The van der Waals surface area contributed by atoms with Gasteiger partial charge in [0.25, 0.3) is 0 Å². The molecule has 2 rings (SSSR count). The minimum Gasteiger partial charge on any atom is -0.398 e. The zero-order valence-corrected chi connectivity index (χ0v) is 12.3. The van der Waals surface area contributed by atoms with Crippen LogP contribution in [-0.2, 0) is 0 Å². The van der Waals surface area contributed by atoms with Crippen LogP contribution in [0.15, 0.2) is 16.6 Å². The molecule has 0 radical (unpaired) electrons. The number of hydrogen-bond acceptors (Lipinski definition) is 2. The third-order valence-corrected chi connectivity index (χ3v) is 4.38. The van der Waals surface area contributed by atoms with Gasteiger partial charge in [0.2, 0.25) is 0 Å². The number of benzene rings is 1. The Labute approximate surface area is 112 Å². The molecule has 3 heteroatoms. The summed E-state index contributed by atoms with van der Waals surface area (Å²) in [5.41, 5.74) is 9.28. The number of nitrogens with two attached hydrogens (primary N) is 1. The average Bonchev–Trinajstić information content (AvgIpc) is 2.34. The van der Waals surface area contributed by atoms with Crippen LogP contribution in [0.1, 0.15) is 38.2 Å². The number of piperidine rings is 1. The maximum atomic E-state index is 5.94. The molecule has 1 aliphatic heterocycles. The van der Waals surface area contributed by atoms with Crippen LogP contribution < -0.4 is 10.6 Å². The molecule has 2 nitrogen and oxygen atoms in total. The largest absolute Gasteiger partial charge is 0.398 e. The van der Waals surface area contributed by atoms with E-state index in [0.717, 1.165) is 10.2 Å². The lowest BCUT2D eigenvalue weighted by Crippen LogP contribution is -2.39. The highest BCUT2D eigenvalue weighted by Gasteiger charge is 2.22. The summed E-state index contributed by atoms with van der Waals surface area (Å²) in [6.45, 7) is 5.53. The van der Waals surface area contributed by atoms with Gasteiger partial charge in [-0.05, 0) is 66.2 Å². The van der Waals surface area contributed by atoms with Gasteiger partial charge in [-0.2, -0.15) is 0 Å². The summed E-state index contributed by atoms with van der Waals surface area (Å²) in [7, 11) is 0. The van der Waals surface area contributed by atoms with Gasteiger partial charge >= 0.3 is 0 Å². The number of halogens is 1. The molecule has 17 heavy (non-hydrogen) atoms. The van der Waals surface area contributed by atoms with E-state index < -0.39 is 0 Å². The van der Waals surface area contributed by atoms with Crippen LogP contribution >= 0.6 is 15.9 Å². The lowest BCUT2D eigenvalue weighted by molar-refractivity contribution is 0.449. The van der Waals surface area contributed by atoms with Gasteiger partial charge in [0, 0.05) is 22.7 Å². The Bertz CT molecular complexity index is 403. The molecule has 1 aromatic rings. The van der Waals surface area contributed by atoms with Gasteiger partial charge in [-0.3, -0.25) is 0 Å². The van der Waals surface area contributed by atoms with Crippen LogP contribution in [0.2, 0.25) is 0 Å². The topological polar surface area (TPSA) is 29.3 Å². The van der Waals surface area contributed by atoms with Gasteiger partial charge in [-0.15, -0.1) is 0 Å².